The third-order valence-corrected chi connectivity index (χ3v) is 7.33. The number of carboxylic acid groups (broad SMARTS) is 1. The topological polar surface area (TPSA) is 77.8 Å². The highest BCUT2D eigenvalue weighted by molar-refractivity contribution is 5.99. The molecule has 0 atom stereocenters. The van der Waals surface area contributed by atoms with Gasteiger partial charge in [0.15, 0.2) is 5.78 Å². The Bertz CT molecular complexity index is 727. The Balaban J connectivity index is 0.000000417. The number of ketones is 1. The minimum Gasteiger partial charge on any atom is -0.507 e. The van der Waals surface area contributed by atoms with Gasteiger partial charge in [-0.25, -0.2) is 4.79 Å². The number of carbonyl (C=O) groups is 2. The number of carbonyl (C=O) groups excluding carboxylic acids is 1. The molecule has 5 nitrogen and oxygen atoms in total. The molecule has 2 N–H and O–H groups in total. The van der Waals surface area contributed by atoms with Gasteiger partial charge in [-0.05, 0) is 63.5 Å². The van der Waals surface area contributed by atoms with Crippen molar-refractivity contribution in [2.45, 2.75) is 136 Å². The second kappa shape index (κ2) is 22.1. The van der Waals surface area contributed by atoms with Gasteiger partial charge in [0.1, 0.15) is 11.3 Å². The number of likely N-dealkylation sites (tertiary alicyclic amines) is 1. The first-order valence-corrected chi connectivity index (χ1v) is 15.3. The zero-order valence-electron chi connectivity index (χ0n) is 23.9. The van der Waals surface area contributed by atoms with Crippen molar-refractivity contribution in [1.29, 1.82) is 0 Å². The smallest absolute Gasteiger partial charge is 0.339 e. The predicted molar refractivity (Wildman–Crippen MR) is 155 cm³/mol. The number of unbranched alkanes of at least 4 members (excludes halogenated alkanes) is 13. The van der Waals surface area contributed by atoms with E-state index in [4.69, 9.17) is 5.11 Å². The van der Waals surface area contributed by atoms with Crippen LogP contribution in [0.25, 0.3) is 0 Å². The standard InChI is InChI=1S/C19H28O4.C13H27N/c1-2-3-4-5-6-7-8-9-10-11-17(20)15-12-13-18(21)16(14-15)19(22)23;1-2-3-4-5-6-8-11-14-12-9-7-10-13-14/h12-14,21H,2-11H2,1H3,(H,22,23);2-13H2,1H3. The lowest BCUT2D eigenvalue weighted by molar-refractivity contribution is 0.0693. The lowest BCUT2D eigenvalue weighted by atomic mass is 10.0. The molecule has 0 spiro atoms. The van der Waals surface area contributed by atoms with Crippen LogP contribution in [0.5, 0.6) is 5.75 Å². The van der Waals surface area contributed by atoms with E-state index in [1.807, 2.05) is 0 Å². The molecule has 1 heterocycles. The van der Waals surface area contributed by atoms with E-state index in [9.17, 15) is 14.7 Å². The van der Waals surface area contributed by atoms with Crippen molar-refractivity contribution in [2.75, 3.05) is 19.6 Å². The van der Waals surface area contributed by atoms with E-state index in [1.165, 1.54) is 134 Å². The van der Waals surface area contributed by atoms with E-state index >= 15 is 0 Å². The first kappa shape index (κ1) is 33.1. The van der Waals surface area contributed by atoms with E-state index in [2.05, 4.69) is 18.7 Å². The lowest BCUT2D eigenvalue weighted by Crippen LogP contribution is -2.30. The van der Waals surface area contributed by atoms with Gasteiger partial charge in [-0.15, -0.1) is 0 Å². The lowest BCUT2D eigenvalue weighted by Gasteiger charge is -2.26. The fourth-order valence-electron chi connectivity index (χ4n) is 4.92. The van der Waals surface area contributed by atoms with Gasteiger partial charge < -0.3 is 15.1 Å². The van der Waals surface area contributed by atoms with Crippen molar-refractivity contribution in [3.63, 3.8) is 0 Å². The summed E-state index contributed by atoms with van der Waals surface area (Å²) in [6.07, 6.45) is 24.1. The van der Waals surface area contributed by atoms with Crippen molar-refractivity contribution >= 4 is 11.8 Å². The Kier molecular flexibility index (Phi) is 19.8. The molecule has 1 aromatic carbocycles. The molecule has 0 unspecified atom stereocenters. The van der Waals surface area contributed by atoms with Gasteiger partial charge in [-0.3, -0.25) is 4.79 Å². The maximum atomic E-state index is 12.1. The van der Waals surface area contributed by atoms with E-state index in [0.29, 0.717) is 12.0 Å². The van der Waals surface area contributed by atoms with E-state index in [0.717, 1.165) is 19.3 Å². The summed E-state index contributed by atoms with van der Waals surface area (Å²) in [7, 11) is 0. The minimum absolute atomic E-state index is 0.0598. The number of benzene rings is 1. The first-order valence-electron chi connectivity index (χ1n) is 15.3. The average molecular weight is 518 g/mol. The zero-order chi connectivity index (χ0) is 27.1. The van der Waals surface area contributed by atoms with Crippen LogP contribution in [-0.2, 0) is 0 Å². The van der Waals surface area contributed by atoms with Crippen LogP contribution < -0.4 is 0 Å². The van der Waals surface area contributed by atoms with Crippen LogP contribution in [0.15, 0.2) is 18.2 Å². The number of aromatic carboxylic acids is 1. The number of carboxylic acids is 1. The van der Waals surface area contributed by atoms with E-state index < -0.39 is 5.97 Å². The van der Waals surface area contributed by atoms with Crippen molar-refractivity contribution in [3.8, 4) is 5.75 Å². The van der Waals surface area contributed by atoms with Crippen LogP contribution in [0, 0.1) is 0 Å². The second-order valence-electron chi connectivity index (χ2n) is 10.7. The number of nitrogens with zero attached hydrogens (tertiary/aromatic N) is 1. The highest BCUT2D eigenvalue weighted by Gasteiger charge is 2.14. The Labute approximate surface area is 227 Å². The monoisotopic (exact) mass is 517 g/mol. The van der Waals surface area contributed by atoms with Crippen LogP contribution in [-0.4, -0.2) is 46.5 Å². The average Bonchev–Trinajstić information content (AvgIpc) is 2.90. The van der Waals surface area contributed by atoms with Crippen LogP contribution in [0.4, 0.5) is 0 Å². The molecule has 0 radical (unpaired) electrons. The highest BCUT2D eigenvalue weighted by atomic mass is 16.4. The molecule has 0 aromatic heterocycles. The third-order valence-electron chi connectivity index (χ3n) is 7.33. The summed E-state index contributed by atoms with van der Waals surface area (Å²) in [5.41, 5.74) is 0.141. The third kappa shape index (κ3) is 16.5. The molecular weight excluding hydrogens is 462 g/mol. The van der Waals surface area contributed by atoms with E-state index in [-0.39, 0.29) is 17.1 Å². The maximum absolute atomic E-state index is 12.1. The molecule has 1 aliphatic rings. The molecule has 5 heteroatoms. The van der Waals surface area contributed by atoms with Gasteiger partial charge >= 0.3 is 5.97 Å². The van der Waals surface area contributed by atoms with Gasteiger partial charge in [-0.1, -0.05) is 104 Å². The van der Waals surface area contributed by atoms with Gasteiger partial charge in [0.05, 0.1) is 0 Å². The number of phenols is 1. The fourth-order valence-corrected chi connectivity index (χ4v) is 4.92. The predicted octanol–water partition coefficient (Wildman–Crippen LogP) is 9.03. The molecule has 0 saturated carbocycles. The molecule has 1 fully saturated rings. The summed E-state index contributed by atoms with van der Waals surface area (Å²) in [4.78, 5) is 25.7. The fraction of sp³-hybridized carbons (Fsp3) is 0.750. The molecular formula is C32H55NO4. The summed E-state index contributed by atoms with van der Waals surface area (Å²) in [5, 5.41) is 18.4. The summed E-state index contributed by atoms with van der Waals surface area (Å²) in [6, 6.07) is 4.01. The molecule has 1 aliphatic heterocycles. The van der Waals surface area contributed by atoms with Gasteiger partial charge in [0.25, 0.3) is 0 Å². The maximum Gasteiger partial charge on any atom is 0.339 e. The Morgan fingerprint density at radius 3 is 1.78 bits per heavy atom. The molecule has 0 aliphatic carbocycles. The van der Waals surface area contributed by atoms with Crippen molar-refractivity contribution in [2.24, 2.45) is 0 Å². The molecule has 212 valence electrons. The molecule has 0 bridgehead atoms. The van der Waals surface area contributed by atoms with E-state index in [1.54, 1.807) is 0 Å². The summed E-state index contributed by atoms with van der Waals surface area (Å²) < 4.78 is 0. The molecule has 1 saturated heterocycles. The molecule has 37 heavy (non-hydrogen) atoms. The van der Waals surface area contributed by atoms with Crippen LogP contribution in [0.3, 0.4) is 0 Å². The van der Waals surface area contributed by atoms with Gasteiger partial charge in [0.2, 0.25) is 0 Å². The largest absolute Gasteiger partial charge is 0.507 e. The molecule has 0 amide bonds. The van der Waals surface area contributed by atoms with Gasteiger partial charge in [0, 0.05) is 12.0 Å². The van der Waals surface area contributed by atoms with Crippen LogP contribution in [0.2, 0.25) is 0 Å². The number of piperidine rings is 1. The highest BCUT2D eigenvalue weighted by Crippen LogP contribution is 2.20. The number of hydrogen-bond donors (Lipinski definition) is 2. The zero-order valence-corrected chi connectivity index (χ0v) is 23.9. The quantitative estimate of drug-likeness (QED) is 0.141. The van der Waals surface area contributed by atoms with Crippen LogP contribution >= 0.6 is 0 Å². The second-order valence-corrected chi connectivity index (χ2v) is 10.7. The number of Topliss-reactive ketones (excluding diaryl/α,β-unsaturated/α-hetero) is 1. The Morgan fingerprint density at radius 2 is 1.24 bits per heavy atom. The number of rotatable bonds is 19. The summed E-state index contributed by atoms with van der Waals surface area (Å²) >= 11 is 0. The Morgan fingerprint density at radius 1 is 0.730 bits per heavy atom. The number of hydrogen-bond acceptors (Lipinski definition) is 4. The number of aromatic hydroxyl groups is 1. The summed E-state index contributed by atoms with van der Waals surface area (Å²) in [6.45, 7) is 8.61. The van der Waals surface area contributed by atoms with Crippen molar-refractivity contribution < 1.29 is 19.8 Å². The van der Waals surface area contributed by atoms with Crippen molar-refractivity contribution in [3.05, 3.63) is 29.3 Å². The van der Waals surface area contributed by atoms with Crippen LogP contribution in [0.1, 0.15) is 157 Å². The van der Waals surface area contributed by atoms with Gasteiger partial charge in [-0.2, -0.15) is 0 Å². The minimum atomic E-state index is -1.22. The molecule has 2 rings (SSSR count). The Hall–Kier alpha value is -1.88. The van der Waals surface area contributed by atoms with Crippen molar-refractivity contribution in [1.82, 2.24) is 4.90 Å². The summed E-state index contributed by atoms with van der Waals surface area (Å²) in [5.74, 6) is -1.59. The normalized spacial score (nSPS) is 13.7. The SMILES string of the molecule is CCCCCCCCCCCC(=O)c1ccc(O)c(C(=O)O)c1.CCCCCCCCN1CCCCC1. The molecule has 1 aromatic rings. The first-order chi connectivity index (χ1) is 18.0.